The van der Waals surface area contributed by atoms with Gasteiger partial charge in [-0.15, -0.1) is 11.8 Å². The van der Waals surface area contributed by atoms with Crippen molar-refractivity contribution in [3.8, 4) is 0 Å². The van der Waals surface area contributed by atoms with Crippen molar-refractivity contribution < 1.29 is 9.53 Å². The number of hydrogen-bond donors (Lipinski definition) is 1. The molecule has 1 rings (SSSR count). The van der Waals surface area contributed by atoms with Gasteiger partial charge in [0.1, 0.15) is 0 Å². The van der Waals surface area contributed by atoms with Gasteiger partial charge in [-0.05, 0) is 18.4 Å². The summed E-state index contributed by atoms with van der Waals surface area (Å²) < 4.78 is 4.62. The monoisotopic (exact) mass is 231 g/mol. The lowest BCUT2D eigenvalue weighted by atomic mass is 10.2. The highest BCUT2D eigenvalue weighted by molar-refractivity contribution is 7.98. The molecule has 0 aromatic heterocycles. The summed E-state index contributed by atoms with van der Waals surface area (Å²) in [6, 6.07) is 3.42. The number of ether oxygens (including phenoxy) is 1. The molecule has 0 saturated heterocycles. The number of hydrogen-bond acceptors (Lipinski definition) is 4. The Morgan fingerprint density at radius 2 is 2.21 bits per heavy atom. The van der Waals surface area contributed by atoms with E-state index >= 15 is 0 Å². The molecule has 5 heteroatoms. The number of benzene rings is 1. The van der Waals surface area contributed by atoms with Crippen LogP contribution in [0.3, 0.4) is 0 Å². The van der Waals surface area contributed by atoms with Crippen molar-refractivity contribution in [3.63, 3.8) is 0 Å². The molecule has 0 aliphatic carbocycles. The van der Waals surface area contributed by atoms with Crippen LogP contribution in [0.25, 0.3) is 0 Å². The highest BCUT2D eigenvalue weighted by atomic mass is 35.5. The number of carbonyl (C=O) groups excluding carboxylic acids is 1. The number of thioether (sulfide) groups is 1. The Morgan fingerprint density at radius 1 is 1.57 bits per heavy atom. The predicted octanol–water partition coefficient (Wildman–Crippen LogP) is 2.43. The maximum Gasteiger partial charge on any atom is 0.340 e. The van der Waals surface area contributed by atoms with Gasteiger partial charge >= 0.3 is 5.97 Å². The normalized spacial score (nSPS) is 9.93. The summed E-state index contributed by atoms with van der Waals surface area (Å²) in [6.07, 6.45) is 1.86. The first kappa shape index (κ1) is 11.2. The number of halogens is 1. The van der Waals surface area contributed by atoms with Crippen molar-refractivity contribution in [1.29, 1.82) is 0 Å². The third kappa shape index (κ3) is 1.96. The molecular weight excluding hydrogens is 222 g/mol. The van der Waals surface area contributed by atoms with Gasteiger partial charge in [0.2, 0.25) is 0 Å². The van der Waals surface area contributed by atoms with E-state index in [0.717, 1.165) is 4.90 Å². The van der Waals surface area contributed by atoms with Crippen molar-refractivity contribution in [1.82, 2.24) is 0 Å². The fourth-order valence-corrected chi connectivity index (χ4v) is 1.93. The predicted molar refractivity (Wildman–Crippen MR) is 59.0 cm³/mol. The van der Waals surface area contributed by atoms with Crippen LogP contribution in [-0.4, -0.2) is 19.3 Å². The van der Waals surface area contributed by atoms with Gasteiger partial charge in [-0.25, -0.2) is 4.79 Å². The Balaban J connectivity index is 3.35. The number of rotatable bonds is 2. The molecule has 14 heavy (non-hydrogen) atoms. The highest BCUT2D eigenvalue weighted by Crippen LogP contribution is 2.31. The number of carbonyl (C=O) groups is 1. The first-order chi connectivity index (χ1) is 6.61. The zero-order chi connectivity index (χ0) is 10.7. The topological polar surface area (TPSA) is 52.3 Å². The van der Waals surface area contributed by atoms with Gasteiger partial charge in [-0.1, -0.05) is 11.6 Å². The van der Waals surface area contributed by atoms with Gasteiger partial charge in [0.15, 0.2) is 0 Å². The molecule has 3 nitrogen and oxygen atoms in total. The zero-order valence-corrected chi connectivity index (χ0v) is 9.41. The summed E-state index contributed by atoms with van der Waals surface area (Å²) in [4.78, 5) is 12.2. The van der Waals surface area contributed by atoms with E-state index in [1.807, 2.05) is 6.26 Å². The van der Waals surface area contributed by atoms with E-state index in [9.17, 15) is 4.79 Å². The molecule has 0 unspecified atom stereocenters. The number of methoxy groups -OCH3 is 1. The number of nitrogen functional groups attached to an aromatic ring is 1. The van der Waals surface area contributed by atoms with E-state index in [1.54, 1.807) is 12.1 Å². The molecule has 0 amide bonds. The van der Waals surface area contributed by atoms with E-state index in [0.29, 0.717) is 11.3 Å². The van der Waals surface area contributed by atoms with Gasteiger partial charge in [0, 0.05) is 4.90 Å². The van der Waals surface area contributed by atoms with Crippen LogP contribution in [0.1, 0.15) is 10.4 Å². The Hall–Kier alpha value is -0.870. The minimum absolute atomic E-state index is 0.253. The average molecular weight is 232 g/mol. The number of esters is 1. The summed E-state index contributed by atoms with van der Waals surface area (Å²) in [5, 5.41) is 0.253. The fourth-order valence-electron chi connectivity index (χ4n) is 1.04. The molecule has 0 aliphatic rings. The molecule has 76 valence electrons. The van der Waals surface area contributed by atoms with Crippen LogP contribution in [0.5, 0.6) is 0 Å². The van der Waals surface area contributed by atoms with E-state index in [4.69, 9.17) is 17.3 Å². The maximum absolute atomic E-state index is 11.4. The van der Waals surface area contributed by atoms with Crippen LogP contribution in [-0.2, 0) is 4.74 Å². The van der Waals surface area contributed by atoms with Gasteiger partial charge in [0.25, 0.3) is 0 Å². The molecule has 0 radical (unpaired) electrons. The smallest absolute Gasteiger partial charge is 0.340 e. The van der Waals surface area contributed by atoms with Crippen molar-refractivity contribution in [2.75, 3.05) is 19.1 Å². The second-order valence-electron chi connectivity index (χ2n) is 2.54. The SMILES string of the molecule is COC(=O)c1c(SC)ccc(N)c1Cl. The minimum Gasteiger partial charge on any atom is -0.465 e. The second kappa shape index (κ2) is 4.57. The van der Waals surface area contributed by atoms with Gasteiger partial charge in [-0.3, -0.25) is 0 Å². The fraction of sp³-hybridized carbons (Fsp3) is 0.222. The van der Waals surface area contributed by atoms with Gasteiger partial charge < -0.3 is 10.5 Å². The standard InChI is InChI=1S/C9H10ClNO2S/c1-13-9(12)7-6(14-2)4-3-5(11)8(7)10/h3-4H,11H2,1-2H3. The average Bonchev–Trinajstić information content (AvgIpc) is 2.20. The summed E-state index contributed by atoms with van der Waals surface area (Å²) in [5.74, 6) is -0.466. The van der Waals surface area contributed by atoms with E-state index in [2.05, 4.69) is 4.74 Å². The number of nitrogens with two attached hydrogens (primary N) is 1. The molecule has 0 saturated carbocycles. The van der Waals surface area contributed by atoms with Crippen molar-refractivity contribution in [2.45, 2.75) is 4.90 Å². The lowest BCUT2D eigenvalue weighted by molar-refractivity contribution is 0.0597. The van der Waals surface area contributed by atoms with E-state index in [-0.39, 0.29) is 5.02 Å². The van der Waals surface area contributed by atoms with Crippen LogP contribution >= 0.6 is 23.4 Å². The maximum atomic E-state index is 11.4. The second-order valence-corrected chi connectivity index (χ2v) is 3.76. The molecule has 0 aliphatic heterocycles. The van der Waals surface area contributed by atoms with Gasteiger partial charge in [-0.2, -0.15) is 0 Å². The Labute approximate surface area is 91.6 Å². The summed E-state index contributed by atoms with van der Waals surface area (Å²) in [5.41, 5.74) is 6.30. The van der Waals surface area contributed by atoms with Crippen LogP contribution in [0.15, 0.2) is 17.0 Å². The van der Waals surface area contributed by atoms with Crippen LogP contribution in [0.4, 0.5) is 5.69 Å². The molecule has 0 atom stereocenters. The summed E-state index contributed by atoms with van der Waals surface area (Å²) in [7, 11) is 1.31. The first-order valence-electron chi connectivity index (χ1n) is 3.82. The van der Waals surface area contributed by atoms with Gasteiger partial charge in [0.05, 0.1) is 23.4 Å². The Morgan fingerprint density at radius 3 is 2.71 bits per heavy atom. The molecule has 0 bridgehead atoms. The largest absolute Gasteiger partial charge is 0.465 e. The number of anilines is 1. The third-order valence-corrected chi connectivity index (χ3v) is 2.93. The molecular formula is C9H10ClNO2S. The van der Waals surface area contributed by atoms with E-state index in [1.165, 1.54) is 18.9 Å². The molecule has 2 N–H and O–H groups in total. The third-order valence-electron chi connectivity index (χ3n) is 1.74. The van der Waals surface area contributed by atoms with Crippen molar-refractivity contribution >= 4 is 35.0 Å². The molecule has 0 heterocycles. The lowest BCUT2D eigenvalue weighted by Gasteiger charge is -2.09. The molecule has 1 aromatic carbocycles. The Bertz CT molecular complexity index is 368. The van der Waals surface area contributed by atoms with Crippen LogP contribution in [0, 0.1) is 0 Å². The van der Waals surface area contributed by atoms with Crippen LogP contribution < -0.4 is 5.73 Å². The molecule has 0 spiro atoms. The highest BCUT2D eigenvalue weighted by Gasteiger charge is 2.17. The van der Waals surface area contributed by atoms with Crippen molar-refractivity contribution in [2.24, 2.45) is 0 Å². The summed E-state index contributed by atoms with van der Waals surface area (Å²) >= 11 is 7.33. The Kier molecular flexibility index (Phi) is 3.66. The summed E-state index contributed by atoms with van der Waals surface area (Å²) in [6.45, 7) is 0. The van der Waals surface area contributed by atoms with Crippen molar-refractivity contribution in [3.05, 3.63) is 22.7 Å². The molecule has 0 fully saturated rings. The quantitative estimate of drug-likeness (QED) is 0.483. The minimum atomic E-state index is -0.466. The van der Waals surface area contributed by atoms with E-state index < -0.39 is 5.97 Å². The zero-order valence-electron chi connectivity index (χ0n) is 7.83. The lowest BCUT2D eigenvalue weighted by Crippen LogP contribution is -2.05. The molecule has 1 aromatic rings. The first-order valence-corrected chi connectivity index (χ1v) is 5.42. The van der Waals surface area contributed by atoms with Crippen LogP contribution in [0.2, 0.25) is 5.02 Å².